The molecule has 6 nitrogen and oxygen atoms in total. The summed E-state index contributed by atoms with van der Waals surface area (Å²) in [5.74, 6) is 0.850. The summed E-state index contributed by atoms with van der Waals surface area (Å²) >= 11 is 0. The van der Waals surface area contributed by atoms with Crippen molar-refractivity contribution in [1.82, 2.24) is 0 Å². The van der Waals surface area contributed by atoms with E-state index >= 15 is 0 Å². The molecule has 0 heterocycles. The highest BCUT2D eigenvalue weighted by Gasteiger charge is 2.19. The first-order valence-electron chi connectivity index (χ1n) is 26.8. The van der Waals surface area contributed by atoms with Crippen molar-refractivity contribution in [3.63, 3.8) is 0 Å². The van der Waals surface area contributed by atoms with Crippen molar-refractivity contribution in [3.05, 3.63) is 0 Å². The molecule has 0 radical (unpaired) electrons. The molecule has 0 aromatic rings. The highest BCUT2D eigenvalue weighted by molar-refractivity contribution is 5.71. The molecule has 0 rings (SSSR count). The second-order valence-electron chi connectivity index (χ2n) is 19.2. The number of hydrogen-bond acceptors (Lipinski definition) is 6. The molecule has 0 aliphatic heterocycles. The molecule has 0 amide bonds. The summed E-state index contributed by atoms with van der Waals surface area (Å²) in [5, 5.41) is 0. The Bertz CT molecular complexity index is 918. The molecular formula is C54H104O6. The largest absolute Gasteiger partial charge is 0.462 e. The number of carbonyl (C=O) groups excluding carboxylic acids is 3. The summed E-state index contributed by atoms with van der Waals surface area (Å²) in [6.07, 6.45) is 48.0. The van der Waals surface area contributed by atoms with Crippen LogP contribution in [-0.4, -0.2) is 37.2 Å². The molecule has 0 N–H and O–H groups in total. The van der Waals surface area contributed by atoms with Crippen molar-refractivity contribution in [2.45, 2.75) is 304 Å². The maximum absolute atomic E-state index is 12.8. The minimum atomic E-state index is -0.761. The first kappa shape index (κ1) is 58.4. The molecule has 60 heavy (non-hydrogen) atoms. The van der Waals surface area contributed by atoms with Gasteiger partial charge in [0, 0.05) is 19.3 Å². The molecule has 0 bridgehead atoms. The van der Waals surface area contributed by atoms with Crippen LogP contribution >= 0.6 is 0 Å². The lowest BCUT2D eigenvalue weighted by Gasteiger charge is -2.18. The molecule has 6 heteroatoms. The number of esters is 3. The predicted molar refractivity (Wildman–Crippen MR) is 256 cm³/mol. The van der Waals surface area contributed by atoms with Gasteiger partial charge in [0.25, 0.3) is 0 Å². The summed E-state index contributed by atoms with van der Waals surface area (Å²) < 4.78 is 16.8. The highest BCUT2D eigenvalue weighted by atomic mass is 16.6. The lowest BCUT2D eigenvalue weighted by atomic mass is 9.99. The Balaban J connectivity index is 4.27. The maximum atomic E-state index is 12.8. The predicted octanol–water partition coefficient (Wildman–Crippen LogP) is 17.3. The Labute approximate surface area is 374 Å². The lowest BCUT2D eigenvalue weighted by Crippen LogP contribution is -2.30. The van der Waals surface area contributed by atoms with E-state index in [0.29, 0.717) is 19.3 Å². The standard InChI is InChI=1S/C54H104O6/c1-6-8-9-10-11-12-13-20-24-31-36-41-46-54(57)60-51(48-59-53(56)45-40-35-30-26-25-28-33-38-43-50(5)7-2)47-58-52(55)44-39-34-29-23-21-18-16-14-15-17-19-22-27-32-37-42-49(3)4/h49-51H,6-48H2,1-5H3/t50?,51-/m1/s1. The van der Waals surface area contributed by atoms with Gasteiger partial charge in [-0.05, 0) is 31.1 Å². The Morgan fingerprint density at radius 3 is 0.950 bits per heavy atom. The van der Waals surface area contributed by atoms with Gasteiger partial charge in [0.2, 0.25) is 0 Å². The second kappa shape index (κ2) is 46.9. The molecule has 0 saturated heterocycles. The minimum absolute atomic E-state index is 0.0635. The highest BCUT2D eigenvalue weighted by Crippen LogP contribution is 2.18. The van der Waals surface area contributed by atoms with Crippen molar-refractivity contribution in [2.24, 2.45) is 11.8 Å². The van der Waals surface area contributed by atoms with Crippen LogP contribution in [0.1, 0.15) is 298 Å². The number of rotatable bonds is 48. The number of ether oxygens (including phenoxy) is 3. The fraction of sp³-hybridized carbons (Fsp3) is 0.944. The average molecular weight is 849 g/mol. The molecule has 0 spiro atoms. The summed E-state index contributed by atoms with van der Waals surface area (Å²) in [5.41, 5.74) is 0. The Kier molecular flexibility index (Phi) is 45.7. The number of hydrogen-bond donors (Lipinski definition) is 0. The third kappa shape index (κ3) is 45.9. The fourth-order valence-corrected chi connectivity index (χ4v) is 8.13. The van der Waals surface area contributed by atoms with Crippen molar-refractivity contribution < 1.29 is 28.6 Å². The summed E-state index contributed by atoms with van der Waals surface area (Å²) in [4.78, 5) is 38.0. The van der Waals surface area contributed by atoms with E-state index in [4.69, 9.17) is 14.2 Å². The minimum Gasteiger partial charge on any atom is -0.462 e. The molecule has 0 aliphatic carbocycles. The number of carbonyl (C=O) groups is 3. The van der Waals surface area contributed by atoms with Crippen LogP contribution < -0.4 is 0 Å². The van der Waals surface area contributed by atoms with E-state index < -0.39 is 6.10 Å². The van der Waals surface area contributed by atoms with E-state index in [0.717, 1.165) is 69.6 Å². The van der Waals surface area contributed by atoms with E-state index in [2.05, 4.69) is 34.6 Å². The molecular weight excluding hydrogens is 745 g/mol. The van der Waals surface area contributed by atoms with E-state index in [-0.39, 0.29) is 31.1 Å². The van der Waals surface area contributed by atoms with Gasteiger partial charge in [-0.15, -0.1) is 0 Å². The van der Waals surface area contributed by atoms with Crippen LogP contribution in [0.25, 0.3) is 0 Å². The molecule has 0 fully saturated rings. The van der Waals surface area contributed by atoms with Gasteiger partial charge < -0.3 is 14.2 Å². The van der Waals surface area contributed by atoms with Crippen LogP contribution in [0.2, 0.25) is 0 Å². The van der Waals surface area contributed by atoms with Gasteiger partial charge in [0.05, 0.1) is 0 Å². The Morgan fingerprint density at radius 1 is 0.350 bits per heavy atom. The zero-order chi connectivity index (χ0) is 44.0. The van der Waals surface area contributed by atoms with Crippen LogP contribution in [0.3, 0.4) is 0 Å². The van der Waals surface area contributed by atoms with Crippen molar-refractivity contribution in [3.8, 4) is 0 Å². The van der Waals surface area contributed by atoms with Crippen molar-refractivity contribution in [1.29, 1.82) is 0 Å². The molecule has 0 aromatic carbocycles. The second-order valence-corrected chi connectivity index (χ2v) is 19.2. The lowest BCUT2D eigenvalue weighted by molar-refractivity contribution is -0.167. The van der Waals surface area contributed by atoms with Gasteiger partial charge in [-0.25, -0.2) is 0 Å². The smallest absolute Gasteiger partial charge is 0.306 e. The van der Waals surface area contributed by atoms with Crippen LogP contribution in [0.4, 0.5) is 0 Å². The Morgan fingerprint density at radius 2 is 0.633 bits per heavy atom. The molecule has 1 unspecified atom stereocenters. The van der Waals surface area contributed by atoms with E-state index in [9.17, 15) is 14.4 Å². The van der Waals surface area contributed by atoms with E-state index in [1.165, 1.54) is 186 Å². The molecule has 356 valence electrons. The zero-order valence-corrected chi connectivity index (χ0v) is 41.1. The van der Waals surface area contributed by atoms with Crippen LogP contribution in [0.15, 0.2) is 0 Å². The normalized spacial score (nSPS) is 12.5. The molecule has 0 aromatic heterocycles. The first-order chi connectivity index (χ1) is 29.3. The third-order valence-corrected chi connectivity index (χ3v) is 12.6. The monoisotopic (exact) mass is 849 g/mol. The van der Waals surface area contributed by atoms with Crippen molar-refractivity contribution in [2.75, 3.05) is 13.2 Å². The SMILES string of the molecule is CCCCCCCCCCCCCCC(=O)O[C@H](COC(=O)CCCCCCCCCCCCCCCCCC(C)C)COC(=O)CCCCCCCCCCC(C)CC. The van der Waals surface area contributed by atoms with Gasteiger partial charge in [0.15, 0.2) is 6.10 Å². The van der Waals surface area contributed by atoms with Gasteiger partial charge in [-0.2, -0.15) is 0 Å². The van der Waals surface area contributed by atoms with E-state index in [1.54, 1.807) is 0 Å². The fourth-order valence-electron chi connectivity index (χ4n) is 8.13. The molecule has 2 atom stereocenters. The zero-order valence-electron chi connectivity index (χ0n) is 41.1. The average Bonchev–Trinajstić information content (AvgIpc) is 3.23. The molecule has 0 aliphatic rings. The van der Waals surface area contributed by atoms with Gasteiger partial charge >= 0.3 is 17.9 Å². The quantitative estimate of drug-likeness (QED) is 0.0345. The topological polar surface area (TPSA) is 78.9 Å². The Hall–Kier alpha value is -1.59. The number of unbranched alkanes of at least 4 members (excludes halogenated alkanes) is 32. The summed E-state index contributed by atoms with van der Waals surface area (Å²) in [7, 11) is 0. The summed E-state index contributed by atoms with van der Waals surface area (Å²) in [6, 6.07) is 0. The van der Waals surface area contributed by atoms with Gasteiger partial charge in [0.1, 0.15) is 13.2 Å². The van der Waals surface area contributed by atoms with Crippen molar-refractivity contribution >= 4 is 17.9 Å². The van der Waals surface area contributed by atoms with Crippen LogP contribution in [-0.2, 0) is 28.6 Å². The first-order valence-corrected chi connectivity index (χ1v) is 26.8. The van der Waals surface area contributed by atoms with E-state index in [1.807, 2.05) is 0 Å². The summed E-state index contributed by atoms with van der Waals surface area (Å²) in [6.45, 7) is 11.4. The van der Waals surface area contributed by atoms with Gasteiger partial charge in [-0.3, -0.25) is 14.4 Å². The van der Waals surface area contributed by atoms with Gasteiger partial charge in [-0.1, -0.05) is 259 Å². The maximum Gasteiger partial charge on any atom is 0.306 e. The molecule has 0 saturated carbocycles. The third-order valence-electron chi connectivity index (χ3n) is 12.6. The van der Waals surface area contributed by atoms with Crippen LogP contribution in [0.5, 0.6) is 0 Å². The van der Waals surface area contributed by atoms with Crippen LogP contribution in [0, 0.1) is 11.8 Å².